The van der Waals surface area contributed by atoms with Crippen molar-refractivity contribution in [1.29, 1.82) is 0 Å². The van der Waals surface area contributed by atoms with Crippen LogP contribution in [0.5, 0.6) is 0 Å². The first-order valence-electron chi connectivity index (χ1n) is 7.04. The molecule has 2 rings (SSSR count). The van der Waals surface area contributed by atoms with Gasteiger partial charge in [-0.05, 0) is 32.1 Å². The van der Waals surface area contributed by atoms with Crippen LogP contribution in [0.1, 0.15) is 36.9 Å². The molecule has 1 heterocycles. The maximum absolute atomic E-state index is 9.10. The van der Waals surface area contributed by atoms with Gasteiger partial charge in [0.2, 0.25) is 0 Å². The van der Waals surface area contributed by atoms with Crippen LogP contribution in [-0.4, -0.2) is 41.4 Å². The molecule has 0 radical (unpaired) electrons. The molecular formula is C14H23N3O2. The van der Waals surface area contributed by atoms with Gasteiger partial charge in [-0.1, -0.05) is 6.42 Å². The Morgan fingerprint density at radius 1 is 1.32 bits per heavy atom. The van der Waals surface area contributed by atoms with Crippen LogP contribution in [0.2, 0.25) is 0 Å². The fraction of sp³-hybridized carbons (Fsp3) is 0.714. The number of aromatic nitrogens is 2. The number of aliphatic hydroxyl groups excluding tert-OH is 1. The maximum Gasteiger partial charge on any atom is 0.133 e. The van der Waals surface area contributed by atoms with Crippen molar-refractivity contribution in [3.8, 4) is 0 Å². The van der Waals surface area contributed by atoms with Crippen LogP contribution in [0.4, 0.5) is 5.82 Å². The fourth-order valence-electron chi connectivity index (χ4n) is 2.57. The van der Waals surface area contributed by atoms with E-state index in [0.29, 0.717) is 13.0 Å². The molecular weight excluding hydrogens is 242 g/mol. The van der Waals surface area contributed by atoms with E-state index in [2.05, 4.69) is 15.3 Å². The number of anilines is 1. The average Bonchev–Trinajstić information content (AvgIpc) is 2.65. The lowest BCUT2D eigenvalue weighted by atomic mass is 10.1. The van der Waals surface area contributed by atoms with Crippen molar-refractivity contribution in [2.24, 2.45) is 0 Å². The number of aryl methyl sites for hydroxylation is 1. The van der Waals surface area contributed by atoms with Crippen molar-refractivity contribution in [2.45, 2.75) is 44.6 Å². The Labute approximate surface area is 114 Å². The molecule has 5 nitrogen and oxygen atoms in total. The van der Waals surface area contributed by atoms with Gasteiger partial charge >= 0.3 is 0 Å². The van der Waals surface area contributed by atoms with Crippen molar-refractivity contribution in [3.63, 3.8) is 0 Å². The summed E-state index contributed by atoms with van der Waals surface area (Å²) in [5.74, 6) is 0.919. The number of hydrogen-bond donors (Lipinski definition) is 2. The number of methoxy groups -OCH3 is 1. The Bertz CT molecular complexity index is 392. The van der Waals surface area contributed by atoms with E-state index in [1.807, 2.05) is 0 Å². The molecule has 0 saturated carbocycles. The zero-order valence-electron chi connectivity index (χ0n) is 11.6. The van der Waals surface area contributed by atoms with E-state index in [0.717, 1.165) is 18.7 Å². The molecule has 106 valence electrons. The predicted molar refractivity (Wildman–Crippen MR) is 74.3 cm³/mol. The lowest BCUT2D eigenvalue weighted by Crippen LogP contribution is -2.27. The molecule has 1 aliphatic rings. The van der Waals surface area contributed by atoms with Crippen LogP contribution in [-0.2, 0) is 17.6 Å². The average molecular weight is 265 g/mol. The Kier molecular flexibility index (Phi) is 5.54. The Balaban J connectivity index is 2.14. The van der Waals surface area contributed by atoms with Crippen LogP contribution in [0, 0.1) is 0 Å². The number of nitrogens with zero attached hydrogens (tertiary/aromatic N) is 2. The molecule has 0 aliphatic heterocycles. The van der Waals surface area contributed by atoms with E-state index in [-0.39, 0.29) is 12.6 Å². The first-order valence-corrected chi connectivity index (χ1v) is 7.04. The van der Waals surface area contributed by atoms with E-state index in [1.54, 1.807) is 13.4 Å². The second-order valence-electron chi connectivity index (χ2n) is 5.02. The van der Waals surface area contributed by atoms with Crippen molar-refractivity contribution < 1.29 is 9.84 Å². The molecule has 0 bridgehead atoms. The molecule has 5 heteroatoms. The minimum absolute atomic E-state index is 0.0947. The maximum atomic E-state index is 9.10. The van der Waals surface area contributed by atoms with Crippen LogP contribution in [0.25, 0.3) is 0 Å². The SMILES string of the molecule is COCC(CCO)Nc1ncnc2c1CCCCC2. The monoisotopic (exact) mass is 265 g/mol. The largest absolute Gasteiger partial charge is 0.396 e. The molecule has 1 aromatic rings. The lowest BCUT2D eigenvalue weighted by Gasteiger charge is -2.20. The minimum atomic E-state index is 0.0947. The van der Waals surface area contributed by atoms with Gasteiger partial charge in [0.25, 0.3) is 0 Å². The van der Waals surface area contributed by atoms with Crippen molar-refractivity contribution >= 4 is 5.82 Å². The Morgan fingerprint density at radius 3 is 2.95 bits per heavy atom. The normalized spacial score (nSPS) is 16.5. The second kappa shape index (κ2) is 7.40. The van der Waals surface area contributed by atoms with Gasteiger partial charge in [-0.2, -0.15) is 0 Å². The van der Waals surface area contributed by atoms with Crippen molar-refractivity contribution in [3.05, 3.63) is 17.6 Å². The zero-order chi connectivity index (χ0) is 13.5. The minimum Gasteiger partial charge on any atom is -0.396 e. The third-order valence-electron chi connectivity index (χ3n) is 3.56. The summed E-state index contributed by atoms with van der Waals surface area (Å²) in [6, 6.07) is 0.0947. The van der Waals surface area contributed by atoms with Gasteiger partial charge in [-0.3, -0.25) is 0 Å². The highest BCUT2D eigenvalue weighted by atomic mass is 16.5. The molecule has 1 aliphatic carbocycles. The van der Waals surface area contributed by atoms with Crippen LogP contribution < -0.4 is 5.32 Å². The summed E-state index contributed by atoms with van der Waals surface area (Å²) in [4.78, 5) is 8.79. The van der Waals surface area contributed by atoms with Gasteiger partial charge in [-0.15, -0.1) is 0 Å². The smallest absolute Gasteiger partial charge is 0.133 e. The molecule has 2 N–H and O–H groups in total. The van der Waals surface area contributed by atoms with Crippen molar-refractivity contribution in [2.75, 3.05) is 25.6 Å². The van der Waals surface area contributed by atoms with Crippen LogP contribution >= 0.6 is 0 Å². The molecule has 19 heavy (non-hydrogen) atoms. The third-order valence-corrected chi connectivity index (χ3v) is 3.56. The first kappa shape index (κ1) is 14.2. The highest BCUT2D eigenvalue weighted by Gasteiger charge is 2.16. The summed E-state index contributed by atoms with van der Waals surface area (Å²) in [7, 11) is 1.67. The molecule has 0 spiro atoms. The number of ether oxygens (including phenoxy) is 1. The van der Waals surface area contributed by atoms with Gasteiger partial charge < -0.3 is 15.2 Å². The first-order chi connectivity index (χ1) is 9.35. The summed E-state index contributed by atoms with van der Waals surface area (Å²) in [6.45, 7) is 0.716. The molecule has 0 fully saturated rings. The number of hydrogen-bond acceptors (Lipinski definition) is 5. The number of aliphatic hydroxyl groups is 1. The number of fused-ring (bicyclic) bond motifs is 1. The van der Waals surface area contributed by atoms with Gasteiger partial charge in [0.15, 0.2) is 0 Å². The number of rotatable bonds is 6. The lowest BCUT2D eigenvalue weighted by molar-refractivity contribution is 0.170. The summed E-state index contributed by atoms with van der Waals surface area (Å²) in [5.41, 5.74) is 2.43. The summed E-state index contributed by atoms with van der Waals surface area (Å²) in [5, 5.41) is 12.5. The standard InChI is InChI=1S/C14H23N3O2/c1-19-9-11(7-8-18)17-14-12-5-3-2-4-6-13(12)15-10-16-14/h10-11,18H,2-9H2,1H3,(H,15,16,17). The van der Waals surface area contributed by atoms with Crippen LogP contribution in [0.15, 0.2) is 6.33 Å². The van der Waals surface area contributed by atoms with E-state index in [1.165, 1.54) is 30.5 Å². The molecule has 0 amide bonds. The van der Waals surface area contributed by atoms with Gasteiger partial charge in [0.1, 0.15) is 12.1 Å². The third kappa shape index (κ3) is 3.88. The predicted octanol–water partition coefficient (Wildman–Crippen LogP) is 1.55. The molecule has 1 atom stereocenters. The zero-order valence-corrected chi connectivity index (χ0v) is 11.6. The summed E-state index contributed by atoms with van der Waals surface area (Å²) in [6.07, 6.45) is 8.04. The molecule has 1 unspecified atom stereocenters. The fourth-order valence-corrected chi connectivity index (χ4v) is 2.57. The Hall–Kier alpha value is -1.20. The molecule has 1 aromatic heterocycles. The summed E-state index contributed by atoms with van der Waals surface area (Å²) >= 11 is 0. The van der Waals surface area contributed by atoms with Crippen molar-refractivity contribution in [1.82, 2.24) is 9.97 Å². The second-order valence-corrected chi connectivity index (χ2v) is 5.02. The van der Waals surface area contributed by atoms with Gasteiger partial charge in [0.05, 0.1) is 12.6 Å². The molecule has 0 saturated heterocycles. The van der Waals surface area contributed by atoms with E-state index in [9.17, 15) is 0 Å². The topological polar surface area (TPSA) is 67.3 Å². The Morgan fingerprint density at radius 2 is 2.16 bits per heavy atom. The quantitative estimate of drug-likeness (QED) is 0.764. The van der Waals surface area contributed by atoms with E-state index >= 15 is 0 Å². The van der Waals surface area contributed by atoms with E-state index in [4.69, 9.17) is 9.84 Å². The van der Waals surface area contributed by atoms with E-state index < -0.39 is 0 Å². The summed E-state index contributed by atoms with van der Waals surface area (Å²) < 4.78 is 5.18. The van der Waals surface area contributed by atoms with Gasteiger partial charge in [0, 0.05) is 25.0 Å². The highest BCUT2D eigenvalue weighted by molar-refractivity contribution is 5.47. The highest BCUT2D eigenvalue weighted by Crippen LogP contribution is 2.24. The number of nitrogens with one attached hydrogen (secondary N) is 1. The van der Waals surface area contributed by atoms with Crippen LogP contribution in [0.3, 0.4) is 0 Å². The molecule has 0 aromatic carbocycles. The van der Waals surface area contributed by atoms with Gasteiger partial charge in [-0.25, -0.2) is 9.97 Å².